The van der Waals surface area contributed by atoms with Crippen molar-refractivity contribution in [2.45, 2.75) is 52.0 Å². The summed E-state index contributed by atoms with van der Waals surface area (Å²) in [4.78, 5) is 29.3. The van der Waals surface area contributed by atoms with E-state index in [9.17, 15) is 9.59 Å². The molecule has 0 saturated carbocycles. The second kappa shape index (κ2) is 11.3. The maximum absolute atomic E-state index is 12.4. The van der Waals surface area contributed by atoms with Crippen molar-refractivity contribution in [3.05, 3.63) is 30.3 Å². The zero-order chi connectivity index (χ0) is 21.3. The van der Waals surface area contributed by atoms with Gasteiger partial charge in [-0.25, -0.2) is 0 Å². The molecule has 1 aromatic carbocycles. The molecule has 6 heteroatoms. The highest BCUT2D eigenvalue weighted by Gasteiger charge is 2.31. The summed E-state index contributed by atoms with van der Waals surface area (Å²) in [6.45, 7) is 8.80. The van der Waals surface area contributed by atoms with Crippen molar-refractivity contribution in [1.82, 2.24) is 15.1 Å². The molecule has 166 valence electrons. The molecule has 2 aliphatic heterocycles. The van der Waals surface area contributed by atoms with Crippen molar-refractivity contribution < 1.29 is 14.3 Å². The van der Waals surface area contributed by atoms with Crippen LogP contribution in [0.3, 0.4) is 0 Å². The first-order chi connectivity index (χ1) is 14.5. The number of carbonyl (C=O) groups excluding carboxylic acids is 2. The summed E-state index contributed by atoms with van der Waals surface area (Å²) in [6.07, 6.45) is 4.93. The van der Waals surface area contributed by atoms with Gasteiger partial charge in [-0.05, 0) is 63.2 Å². The van der Waals surface area contributed by atoms with Crippen LogP contribution in [0.4, 0.5) is 0 Å². The minimum absolute atomic E-state index is 0.0640. The Hall–Kier alpha value is -2.08. The number of benzene rings is 1. The molecule has 0 aliphatic carbocycles. The number of hydrogen-bond acceptors (Lipinski definition) is 4. The first-order valence-corrected chi connectivity index (χ1v) is 11.5. The van der Waals surface area contributed by atoms with Gasteiger partial charge >= 0.3 is 0 Å². The average Bonchev–Trinajstić information content (AvgIpc) is 2.78. The zero-order valence-electron chi connectivity index (χ0n) is 18.5. The smallest absolute Gasteiger partial charge is 0.260 e. The molecule has 30 heavy (non-hydrogen) atoms. The lowest BCUT2D eigenvalue weighted by Gasteiger charge is -2.41. The van der Waals surface area contributed by atoms with Crippen molar-refractivity contribution in [3.63, 3.8) is 0 Å². The van der Waals surface area contributed by atoms with Crippen LogP contribution in [0, 0.1) is 11.8 Å². The minimum Gasteiger partial charge on any atom is -0.484 e. The van der Waals surface area contributed by atoms with E-state index in [1.165, 1.54) is 0 Å². The Morgan fingerprint density at radius 3 is 2.33 bits per heavy atom. The molecule has 1 N–H and O–H groups in total. The fraction of sp³-hybridized carbons (Fsp3) is 0.667. The fourth-order valence-corrected chi connectivity index (χ4v) is 4.39. The number of hydrogen-bond donors (Lipinski definition) is 1. The predicted octanol–water partition coefficient (Wildman–Crippen LogP) is 2.93. The van der Waals surface area contributed by atoms with Crippen LogP contribution in [-0.2, 0) is 9.59 Å². The van der Waals surface area contributed by atoms with E-state index >= 15 is 0 Å². The number of nitrogens with zero attached hydrogens (tertiary/aromatic N) is 2. The number of rotatable bonds is 8. The van der Waals surface area contributed by atoms with Crippen LogP contribution >= 0.6 is 0 Å². The van der Waals surface area contributed by atoms with Crippen molar-refractivity contribution >= 4 is 11.8 Å². The van der Waals surface area contributed by atoms with Crippen LogP contribution in [0.1, 0.15) is 46.0 Å². The number of likely N-dealkylation sites (tertiary alicyclic amines) is 2. The topological polar surface area (TPSA) is 61.9 Å². The third kappa shape index (κ3) is 6.73. The summed E-state index contributed by atoms with van der Waals surface area (Å²) in [7, 11) is 0. The van der Waals surface area contributed by atoms with E-state index < -0.39 is 0 Å². The van der Waals surface area contributed by atoms with Crippen LogP contribution in [0.25, 0.3) is 0 Å². The molecule has 1 aromatic rings. The van der Waals surface area contributed by atoms with Gasteiger partial charge in [0.05, 0.1) is 0 Å². The number of amides is 2. The van der Waals surface area contributed by atoms with Gasteiger partial charge < -0.3 is 19.9 Å². The molecule has 6 nitrogen and oxygen atoms in total. The molecule has 0 aromatic heterocycles. The van der Waals surface area contributed by atoms with Gasteiger partial charge in [0, 0.05) is 31.6 Å². The summed E-state index contributed by atoms with van der Waals surface area (Å²) in [5.74, 6) is 1.81. The maximum atomic E-state index is 12.4. The van der Waals surface area contributed by atoms with Gasteiger partial charge in [-0.15, -0.1) is 0 Å². The van der Waals surface area contributed by atoms with E-state index in [1.54, 1.807) is 0 Å². The van der Waals surface area contributed by atoms with E-state index in [4.69, 9.17) is 4.74 Å². The van der Waals surface area contributed by atoms with E-state index in [0.29, 0.717) is 12.0 Å². The molecule has 3 rings (SSSR count). The third-order valence-electron chi connectivity index (χ3n) is 6.36. The van der Waals surface area contributed by atoms with Gasteiger partial charge in [0.2, 0.25) is 5.91 Å². The number of para-hydroxylation sites is 1. The third-order valence-corrected chi connectivity index (χ3v) is 6.36. The summed E-state index contributed by atoms with van der Waals surface area (Å²) in [6, 6.07) is 10.0. The minimum atomic E-state index is 0.0640. The van der Waals surface area contributed by atoms with Crippen LogP contribution in [0.5, 0.6) is 5.75 Å². The lowest BCUT2D eigenvalue weighted by atomic mass is 9.92. The van der Waals surface area contributed by atoms with E-state index in [2.05, 4.69) is 24.1 Å². The molecular formula is C24H37N3O3. The Labute approximate surface area is 180 Å². The van der Waals surface area contributed by atoms with E-state index in [-0.39, 0.29) is 24.3 Å². The Morgan fingerprint density at radius 2 is 1.70 bits per heavy atom. The average molecular weight is 416 g/mol. The Balaban J connectivity index is 1.33. The largest absolute Gasteiger partial charge is 0.484 e. The van der Waals surface area contributed by atoms with Gasteiger partial charge in [0.15, 0.2) is 6.61 Å². The quantitative estimate of drug-likeness (QED) is 0.709. The second-order valence-electron chi connectivity index (χ2n) is 9.00. The monoisotopic (exact) mass is 415 g/mol. The van der Waals surface area contributed by atoms with Gasteiger partial charge in [0.1, 0.15) is 5.75 Å². The molecule has 0 spiro atoms. The van der Waals surface area contributed by atoms with Crippen LogP contribution in [-0.4, -0.2) is 67.0 Å². The zero-order valence-corrected chi connectivity index (χ0v) is 18.5. The lowest BCUT2D eigenvalue weighted by Crippen LogP contribution is -2.50. The normalized spacial score (nSPS) is 19.1. The first kappa shape index (κ1) is 22.6. The highest BCUT2D eigenvalue weighted by atomic mass is 16.5. The lowest BCUT2D eigenvalue weighted by molar-refractivity contribution is -0.135. The molecular weight excluding hydrogens is 378 g/mol. The van der Waals surface area contributed by atoms with Crippen LogP contribution in [0.15, 0.2) is 30.3 Å². The van der Waals surface area contributed by atoms with Crippen molar-refractivity contribution in [2.24, 2.45) is 11.8 Å². The number of nitrogens with one attached hydrogen (secondary N) is 1. The van der Waals surface area contributed by atoms with Crippen LogP contribution < -0.4 is 10.1 Å². The predicted molar refractivity (Wildman–Crippen MR) is 118 cm³/mol. The van der Waals surface area contributed by atoms with Crippen molar-refractivity contribution in [1.29, 1.82) is 0 Å². The molecule has 2 saturated heterocycles. The van der Waals surface area contributed by atoms with Gasteiger partial charge in [-0.3, -0.25) is 9.59 Å². The standard InChI is InChI=1S/C24H37N3O3/c1-19(2)8-13-25-24(29)20-9-14-26(15-10-20)21-11-16-27(17-12-21)23(28)18-30-22-6-4-3-5-7-22/h3-7,19-21H,8-18H2,1-2H3,(H,25,29). The highest BCUT2D eigenvalue weighted by molar-refractivity contribution is 5.78. The van der Waals surface area contributed by atoms with E-state index in [1.807, 2.05) is 35.2 Å². The van der Waals surface area contributed by atoms with Gasteiger partial charge in [0.25, 0.3) is 5.91 Å². The number of ether oxygens (including phenoxy) is 1. The molecule has 2 aliphatic rings. The summed E-state index contributed by atoms with van der Waals surface area (Å²) >= 11 is 0. The molecule has 2 amide bonds. The Bertz CT molecular complexity index is 664. The Morgan fingerprint density at radius 1 is 1.03 bits per heavy atom. The molecule has 0 radical (unpaired) electrons. The second-order valence-corrected chi connectivity index (χ2v) is 9.00. The Kier molecular flexibility index (Phi) is 8.55. The van der Waals surface area contributed by atoms with Crippen molar-refractivity contribution in [3.8, 4) is 5.75 Å². The molecule has 0 atom stereocenters. The molecule has 2 heterocycles. The summed E-state index contributed by atoms with van der Waals surface area (Å²) < 4.78 is 5.60. The number of piperidine rings is 2. The maximum Gasteiger partial charge on any atom is 0.260 e. The first-order valence-electron chi connectivity index (χ1n) is 11.5. The molecule has 2 fully saturated rings. The van der Waals surface area contributed by atoms with E-state index in [0.717, 1.165) is 70.6 Å². The molecule has 0 unspecified atom stereocenters. The van der Waals surface area contributed by atoms with Gasteiger partial charge in [-0.1, -0.05) is 32.0 Å². The SMILES string of the molecule is CC(C)CCNC(=O)C1CCN(C2CCN(C(=O)COc3ccccc3)CC2)CC1. The summed E-state index contributed by atoms with van der Waals surface area (Å²) in [5.41, 5.74) is 0. The van der Waals surface area contributed by atoms with Crippen LogP contribution in [0.2, 0.25) is 0 Å². The van der Waals surface area contributed by atoms with Crippen molar-refractivity contribution in [2.75, 3.05) is 39.3 Å². The molecule has 0 bridgehead atoms. The number of carbonyl (C=O) groups is 2. The van der Waals surface area contributed by atoms with Gasteiger partial charge in [-0.2, -0.15) is 0 Å². The fourth-order valence-electron chi connectivity index (χ4n) is 4.39. The highest BCUT2D eigenvalue weighted by Crippen LogP contribution is 2.24. The summed E-state index contributed by atoms with van der Waals surface area (Å²) in [5, 5.41) is 3.11.